The van der Waals surface area contributed by atoms with Gasteiger partial charge < -0.3 is 14.6 Å². The molecule has 0 saturated carbocycles. The van der Waals surface area contributed by atoms with E-state index in [1.807, 2.05) is 0 Å². The normalized spacial score (nSPS) is 14.6. The van der Waals surface area contributed by atoms with Gasteiger partial charge in [0.2, 0.25) is 0 Å². The molecule has 37 heavy (non-hydrogen) atoms. The molecular weight excluding hydrogens is 508 g/mol. The highest BCUT2D eigenvalue weighted by Crippen LogP contribution is 2.28. The Morgan fingerprint density at radius 3 is 2.81 bits per heavy atom. The predicted octanol–water partition coefficient (Wildman–Crippen LogP) is 3.62. The Morgan fingerprint density at radius 2 is 2.08 bits per heavy atom. The fourth-order valence-electron chi connectivity index (χ4n) is 3.77. The topological polar surface area (TPSA) is 104 Å². The van der Waals surface area contributed by atoms with Crippen molar-refractivity contribution in [3.05, 3.63) is 92.5 Å². The molecule has 0 aromatic carbocycles. The van der Waals surface area contributed by atoms with E-state index >= 15 is 0 Å². The molecule has 0 radical (unpaired) electrons. The van der Waals surface area contributed by atoms with Crippen molar-refractivity contribution < 1.29 is 26.1 Å². The smallest absolute Gasteiger partial charge is 0.277 e. The molecule has 1 aliphatic rings. The molecule has 4 aromatic heterocycles. The van der Waals surface area contributed by atoms with Crippen LogP contribution in [0, 0.1) is 11.6 Å². The Labute approximate surface area is 217 Å². The third-order valence-corrected chi connectivity index (χ3v) is 6.00. The van der Waals surface area contributed by atoms with Crippen LogP contribution in [0.1, 0.15) is 39.2 Å². The minimum atomic E-state index is -2.88. The number of ether oxygens (including phenoxy) is 2. The van der Waals surface area contributed by atoms with Crippen LogP contribution in [-0.2, 0) is 29.9 Å². The number of halogens is 3. The van der Waals surface area contributed by atoms with E-state index in [1.54, 1.807) is 32.2 Å². The summed E-state index contributed by atoms with van der Waals surface area (Å²) in [5, 5.41) is 14.2. The SMILES string of the molecule is [2H]C([2H])(Oc1cc2n(c(=O)c1Cl)-c1cc(-n3ccc(C(C)(C)O)n3)ncc1COCC2)c1ncc(F)cc1F. The van der Waals surface area contributed by atoms with E-state index in [4.69, 9.17) is 23.8 Å². The third kappa shape index (κ3) is 4.97. The highest BCUT2D eigenvalue weighted by atomic mass is 35.5. The molecule has 5 rings (SSSR count). The number of aromatic nitrogens is 5. The minimum absolute atomic E-state index is 0.163. The van der Waals surface area contributed by atoms with Gasteiger partial charge in [0.25, 0.3) is 5.56 Å². The van der Waals surface area contributed by atoms with Gasteiger partial charge in [-0.25, -0.2) is 18.4 Å². The van der Waals surface area contributed by atoms with E-state index in [2.05, 4.69) is 15.1 Å². The van der Waals surface area contributed by atoms with Gasteiger partial charge in [0.15, 0.2) is 11.6 Å². The van der Waals surface area contributed by atoms with Crippen molar-refractivity contribution >= 4 is 11.6 Å². The lowest BCUT2D eigenvalue weighted by Gasteiger charge is -2.22. The number of hydrogen-bond acceptors (Lipinski definition) is 7. The number of rotatable bonds is 5. The van der Waals surface area contributed by atoms with E-state index in [0.717, 1.165) is 0 Å². The maximum absolute atomic E-state index is 14.2. The van der Waals surface area contributed by atoms with Gasteiger partial charge in [0, 0.05) is 48.3 Å². The Balaban J connectivity index is 1.60. The molecule has 0 atom stereocenters. The fourth-order valence-corrected chi connectivity index (χ4v) is 3.95. The Kier molecular flexibility index (Phi) is 5.88. The zero-order valence-electron chi connectivity index (χ0n) is 21.7. The first kappa shape index (κ1) is 22.5. The molecule has 0 unspecified atom stereocenters. The molecule has 9 nitrogen and oxygen atoms in total. The molecule has 4 aromatic rings. The van der Waals surface area contributed by atoms with Crippen LogP contribution < -0.4 is 10.3 Å². The van der Waals surface area contributed by atoms with Crippen LogP contribution in [0.25, 0.3) is 11.5 Å². The summed E-state index contributed by atoms with van der Waals surface area (Å²) in [6.07, 6.45) is 4.05. The van der Waals surface area contributed by atoms with Crippen LogP contribution in [0.15, 0.2) is 47.7 Å². The van der Waals surface area contributed by atoms with Gasteiger partial charge >= 0.3 is 0 Å². The van der Waals surface area contributed by atoms with E-state index in [0.29, 0.717) is 40.7 Å². The lowest BCUT2D eigenvalue weighted by atomic mass is 10.1. The van der Waals surface area contributed by atoms with Gasteiger partial charge in [0.1, 0.15) is 34.4 Å². The number of hydrogen-bond donors (Lipinski definition) is 1. The molecule has 1 N–H and O–H groups in total. The molecule has 0 spiro atoms. The second kappa shape index (κ2) is 9.66. The molecule has 0 fully saturated rings. The standard InChI is InChI=1S/C25H22ClF2N5O4/c1-25(2,35)21-3-5-32(31-21)22-9-19-14(10-30-22)12-36-6-4-16-8-20(23(26)24(34)33(16)19)37-13-18-17(28)7-15(27)11-29-18/h3,5,7-11,35H,4,6,12-13H2,1-2H3/i13D2. The molecule has 0 bridgehead atoms. The van der Waals surface area contributed by atoms with Crippen LogP contribution in [0.3, 0.4) is 0 Å². The Morgan fingerprint density at radius 1 is 1.27 bits per heavy atom. The van der Waals surface area contributed by atoms with Crippen molar-refractivity contribution in [2.24, 2.45) is 0 Å². The summed E-state index contributed by atoms with van der Waals surface area (Å²) in [6, 6.07) is 5.10. The summed E-state index contributed by atoms with van der Waals surface area (Å²) >= 11 is 6.37. The molecule has 12 heteroatoms. The molecule has 1 aliphatic heterocycles. The second-order valence-electron chi connectivity index (χ2n) is 8.82. The average molecular weight is 532 g/mol. The van der Waals surface area contributed by atoms with Crippen molar-refractivity contribution in [2.45, 2.75) is 39.0 Å². The largest absolute Gasteiger partial charge is 0.485 e. The highest BCUT2D eigenvalue weighted by Gasteiger charge is 2.23. The molecule has 0 amide bonds. The first-order valence-corrected chi connectivity index (χ1v) is 11.5. The van der Waals surface area contributed by atoms with E-state index in [-0.39, 0.29) is 25.4 Å². The minimum Gasteiger partial charge on any atom is -0.485 e. The van der Waals surface area contributed by atoms with Crippen molar-refractivity contribution in [3.63, 3.8) is 0 Å². The number of aliphatic hydroxyl groups is 1. The summed E-state index contributed by atoms with van der Waals surface area (Å²) in [5.41, 5.74) is -0.919. The lowest BCUT2D eigenvalue weighted by molar-refractivity contribution is 0.0734. The van der Waals surface area contributed by atoms with E-state index in [9.17, 15) is 18.7 Å². The summed E-state index contributed by atoms with van der Waals surface area (Å²) in [6.45, 7) is 0.710. The van der Waals surface area contributed by atoms with Gasteiger partial charge in [-0.2, -0.15) is 5.10 Å². The second-order valence-corrected chi connectivity index (χ2v) is 9.20. The monoisotopic (exact) mass is 531 g/mol. The van der Waals surface area contributed by atoms with Crippen LogP contribution in [-0.4, -0.2) is 36.0 Å². The zero-order valence-corrected chi connectivity index (χ0v) is 20.5. The lowest BCUT2D eigenvalue weighted by Crippen LogP contribution is -2.27. The molecule has 0 saturated heterocycles. The quantitative estimate of drug-likeness (QED) is 0.419. The Bertz CT molecular complexity index is 1640. The van der Waals surface area contributed by atoms with Crippen molar-refractivity contribution in [3.8, 4) is 17.3 Å². The maximum atomic E-state index is 14.2. The third-order valence-electron chi connectivity index (χ3n) is 5.66. The van der Waals surface area contributed by atoms with Crippen molar-refractivity contribution in [1.82, 2.24) is 24.3 Å². The van der Waals surface area contributed by atoms with Crippen LogP contribution in [0.4, 0.5) is 8.78 Å². The van der Waals surface area contributed by atoms with Crippen molar-refractivity contribution in [1.29, 1.82) is 0 Å². The summed E-state index contributed by atoms with van der Waals surface area (Å²) in [4.78, 5) is 21.4. The summed E-state index contributed by atoms with van der Waals surface area (Å²) in [5.74, 6) is -2.23. The predicted molar refractivity (Wildman–Crippen MR) is 129 cm³/mol. The van der Waals surface area contributed by atoms with Crippen LogP contribution in [0.5, 0.6) is 5.75 Å². The van der Waals surface area contributed by atoms with Crippen molar-refractivity contribution in [2.75, 3.05) is 6.61 Å². The van der Waals surface area contributed by atoms with Gasteiger partial charge in [0.05, 0.1) is 33.5 Å². The Hall–Kier alpha value is -3.67. The zero-order chi connectivity index (χ0) is 28.1. The maximum Gasteiger partial charge on any atom is 0.277 e. The van der Waals surface area contributed by atoms with Crippen LogP contribution >= 0.6 is 11.6 Å². The van der Waals surface area contributed by atoms with E-state index < -0.39 is 40.1 Å². The van der Waals surface area contributed by atoms with E-state index in [1.165, 1.54) is 21.5 Å². The summed E-state index contributed by atoms with van der Waals surface area (Å²) < 4.78 is 57.7. The molecule has 0 aliphatic carbocycles. The first-order valence-electron chi connectivity index (χ1n) is 12.2. The average Bonchev–Trinajstić information content (AvgIpc) is 3.35. The highest BCUT2D eigenvalue weighted by molar-refractivity contribution is 6.31. The molecular formula is C25H22ClF2N5O4. The summed E-state index contributed by atoms with van der Waals surface area (Å²) in [7, 11) is 0. The van der Waals surface area contributed by atoms with Gasteiger partial charge in [-0.05, 0) is 19.9 Å². The first-order chi connectivity index (χ1) is 18.3. The number of nitrogens with zero attached hydrogens (tertiary/aromatic N) is 5. The molecule has 192 valence electrons. The van der Waals surface area contributed by atoms with Gasteiger partial charge in [-0.3, -0.25) is 14.3 Å². The van der Waals surface area contributed by atoms with Crippen LogP contribution in [0.2, 0.25) is 5.02 Å². The number of fused-ring (bicyclic) bond motifs is 3. The number of pyridine rings is 3. The fraction of sp³-hybridized carbons (Fsp3) is 0.280. The molecule has 5 heterocycles. The van der Waals surface area contributed by atoms with Gasteiger partial charge in [-0.15, -0.1) is 0 Å². The van der Waals surface area contributed by atoms with Gasteiger partial charge in [-0.1, -0.05) is 11.6 Å².